The summed E-state index contributed by atoms with van der Waals surface area (Å²) in [6.07, 6.45) is 4.71. The average molecular weight is 312 g/mol. The molecule has 23 heavy (non-hydrogen) atoms. The molecule has 0 aliphatic carbocycles. The number of hydrogen-bond acceptors (Lipinski definition) is 2. The van der Waals surface area contributed by atoms with Gasteiger partial charge in [-0.3, -0.25) is 9.89 Å². The number of H-pyrrole nitrogens is 2. The number of amides is 1. The van der Waals surface area contributed by atoms with Crippen LogP contribution in [0.4, 0.5) is 4.39 Å². The molecule has 1 atom stereocenters. The van der Waals surface area contributed by atoms with Gasteiger partial charge < -0.3 is 9.88 Å². The second kappa shape index (κ2) is 5.53. The van der Waals surface area contributed by atoms with Crippen LogP contribution in [0.25, 0.3) is 10.9 Å². The minimum absolute atomic E-state index is 0.0156. The summed E-state index contributed by atoms with van der Waals surface area (Å²) < 4.78 is 13.3. The molecule has 1 amide bonds. The van der Waals surface area contributed by atoms with Gasteiger partial charge in [-0.2, -0.15) is 5.10 Å². The fourth-order valence-electron chi connectivity index (χ4n) is 3.32. The van der Waals surface area contributed by atoms with E-state index >= 15 is 0 Å². The van der Waals surface area contributed by atoms with Gasteiger partial charge in [0.2, 0.25) is 0 Å². The molecule has 0 spiro atoms. The number of nitrogens with zero attached hydrogens (tertiary/aromatic N) is 2. The van der Waals surface area contributed by atoms with E-state index in [1.54, 1.807) is 18.3 Å². The van der Waals surface area contributed by atoms with Crippen molar-refractivity contribution in [1.82, 2.24) is 20.1 Å². The van der Waals surface area contributed by atoms with Crippen molar-refractivity contribution in [3.8, 4) is 0 Å². The summed E-state index contributed by atoms with van der Waals surface area (Å²) in [5.74, 6) is -0.357. The number of piperidine rings is 1. The van der Waals surface area contributed by atoms with E-state index in [1.165, 1.54) is 12.1 Å². The number of rotatable bonds is 2. The first-order valence-electron chi connectivity index (χ1n) is 7.81. The van der Waals surface area contributed by atoms with Crippen molar-refractivity contribution in [2.45, 2.75) is 25.3 Å². The largest absolute Gasteiger partial charge is 0.351 e. The van der Waals surface area contributed by atoms with Crippen LogP contribution >= 0.6 is 0 Å². The number of halogens is 1. The molecule has 1 aliphatic heterocycles. The Morgan fingerprint density at radius 3 is 3.00 bits per heavy atom. The van der Waals surface area contributed by atoms with Gasteiger partial charge in [0.05, 0.1) is 11.7 Å². The van der Waals surface area contributed by atoms with Crippen LogP contribution in [-0.4, -0.2) is 32.5 Å². The third-order valence-electron chi connectivity index (χ3n) is 4.46. The summed E-state index contributed by atoms with van der Waals surface area (Å²) in [7, 11) is 0. The highest BCUT2D eigenvalue weighted by atomic mass is 19.1. The molecule has 1 saturated heterocycles. The Morgan fingerprint density at radius 2 is 2.17 bits per heavy atom. The van der Waals surface area contributed by atoms with Gasteiger partial charge >= 0.3 is 0 Å². The lowest BCUT2D eigenvalue weighted by Crippen LogP contribution is -2.38. The van der Waals surface area contributed by atoms with Crippen LogP contribution in [0.15, 0.2) is 36.5 Å². The standard InChI is InChI=1S/C17H17FN4O/c18-12-4-5-13-11(9-12)10-15(20-13)17(23)22-8-2-1-3-16(22)14-6-7-19-21-14/h4-7,9-10,16,20H,1-3,8H2,(H,19,21). The lowest BCUT2D eigenvalue weighted by molar-refractivity contribution is 0.0601. The van der Waals surface area contributed by atoms with E-state index in [1.807, 2.05) is 11.0 Å². The molecule has 5 nitrogen and oxygen atoms in total. The SMILES string of the molecule is O=C(c1cc2cc(F)ccc2[nH]1)N1CCCCC1c1ccn[nH]1. The van der Waals surface area contributed by atoms with Crippen molar-refractivity contribution in [3.05, 3.63) is 53.7 Å². The van der Waals surface area contributed by atoms with Crippen molar-refractivity contribution in [2.24, 2.45) is 0 Å². The van der Waals surface area contributed by atoms with Crippen molar-refractivity contribution in [2.75, 3.05) is 6.54 Å². The number of benzene rings is 1. The van der Waals surface area contributed by atoms with Crippen LogP contribution in [0.1, 0.15) is 41.5 Å². The Bertz CT molecular complexity index is 840. The molecule has 0 bridgehead atoms. The lowest BCUT2D eigenvalue weighted by atomic mass is 9.99. The molecule has 0 saturated carbocycles. The van der Waals surface area contributed by atoms with E-state index in [0.29, 0.717) is 17.6 Å². The van der Waals surface area contributed by atoms with E-state index < -0.39 is 0 Å². The van der Waals surface area contributed by atoms with Crippen molar-refractivity contribution in [3.63, 3.8) is 0 Å². The van der Waals surface area contributed by atoms with E-state index in [-0.39, 0.29) is 17.8 Å². The number of fused-ring (bicyclic) bond motifs is 1. The van der Waals surface area contributed by atoms with Crippen LogP contribution in [0, 0.1) is 5.82 Å². The molecule has 3 heterocycles. The molecule has 1 unspecified atom stereocenters. The molecule has 1 aromatic carbocycles. The predicted octanol–water partition coefficient (Wildman–Crippen LogP) is 3.40. The van der Waals surface area contributed by atoms with Gasteiger partial charge in [-0.1, -0.05) is 0 Å². The molecule has 2 N–H and O–H groups in total. The Morgan fingerprint density at radius 1 is 1.26 bits per heavy atom. The summed E-state index contributed by atoms with van der Waals surface area (Å²) in [5.41, 5.74) is 2.22. The third kappa shape index (κ3) is 2.50. The zero-order valence-electron chi connectivity index (χ0n) is 12.6. The molecule has 2 aromatic heterocycles. The number of hydrogen-bond donors (Lipinski definition) is 2. The summed E-state index contributed by atoms with van der Waals surface area (Å²) in [5, 5.41) is 7.68. The molecule has 3 aromatic rings. The van der Waals surface area contributed by atoms with Crippen LogP contribution in [0.3, 0.4) is 0 Å². The molecule has 0 radical (unpaired) electrons. The van der Waals surface area contributed by atoms with Crippen LogP contribution in [0.5, 0.6) is 0 Å². The zero-order chi connectivity index (χ0) is 15.8. The highest BCUT2D eigenvalue weighted by Crippen LogP contribution is 2.31. The molecular weight excluding hydrogens is 295 g/mol. The third-order valence-corrected chi connectivity index (χ3v) is 4.46. The molecular formula is C17H17FN4O. The fourth-order valence-corrected chi connectivity index (χ4v) is 3.32. The maximum Gasteiger partial charge on any atom is 0.270 e. The first-order valence-corrected chi connectivity index (χ1v) is 7.81. The summed E-state index contributed by atoms with van der Waals surface area (Å²) in [6.45, 7) is 0.715. The Kier molecular flexibility index (Phi) is 3.37. The number of likely N-dealkylation sites (tertiary alicyclic amines) is 1. The van der Waals surface area contributed by atoms with E-state index in [2.05, 4.69) is 15.2 Å². The first kappa shape index (κ1) is 14.0. The Balaban J connectivity index is 1.67. The van der Waals surface area contributed by atoms with Gasteiger partial charge in [0.25, 0.3) is 5.91 Å². The van der Waals surface area contributed by atoms with E-state index in [4.69, 9.17) is 0 Å². The van der Waals surface area contributed by atoms with Crippen LogP contribution in [-0.2, 0) is 0 Å². The maximum atomic E-state index is 13.3. The summed E-state index contributed by atoms with van der Waals surface area (Å²) in [6, 6.07) is 8.13. The van der Waals surface area contributed by atoms with E-state index in [9.17, 15) is 9.18 Å². The average Bonchev–Trinajstić information content (AvgIpc) is 3.23. The second-order valence-electron chi connectivity index (χ2n) is 5.94. The molecule has 6 heteroatoms. The minimum Gasteiger partial charge on any atom is -0.351 e. The maximum absolute atomic E-state index is 13.3. The fraction of sp³-hybridized carbons (Fsp3) is 0.294. The zero-order valence-corrected chi connectivity index (χ0v) is 12.6. The monoisotopic (exact) mass is 312 g/mol. The van der Waals surface area contributed by atoms with Gasteiger partial charge in [0, 0.05) is 23.6 Å². The van der Waals surface area contributed by atoms with Gasteiger partial charge in [0.15, 0.2) is 0 Å². The number of carbonyl (C=O) groups excluding carboxylic acids is 1. The van der Waals surface area contributed by atoms with Crippen molar-refractivity contribution >= 4 is 16.8 Å². The molecule has 4 rings (SSSR count). The normalized spacial score (nSPS) is 18.5. The number of aromatic nitrogens is 3. The molecule has 1 aliphatic rings. The number of carbonyl (C=O) groups is 1. The van der Waals surface area contributed by atoms with Gasteiger partial charge in [-0.15, -0.1) is 0 Å². The van der Waals surface area contributed by atoms with Crippen LogP contribution in [0.2, 0.25) is 0 Å². The topological polar surface area (TPSA) is 64.8 Å². The Labute approximate surface area is 132 Å². The van der Waals surface area contributed by atoms with Gasteiger partial charge in [0.1, 0.15) is 11.5 Å². The van der Waals surface area contributed by atoms with Crippen molar-refractivity contribution < 1.29 is 9.18 Å². The summed E-state index contributed by atoms with van der Waals surface area (Å²) in [4.78, 5) is 17.9. The quantitative estimate of drug-likeness (QED) is 0.761. The predicted molar refractivity (Wildman–Crippen MR) is 84.5 cm³/mol. The van der Waals surface area contributed by atoms with E-state index in [0.717, 1.165) is 30.5 Å². The molecule has 118 valence electrons. The second-order valence-corrected chi connectivity index (χ2v) is 5.94. The number of nitrogens with one attached hydrogen (secondary N) is 2. The summed E-state index contributed by atoms with van der Waals surface area (Å²) >= 11 is 0. The lowest BCUT2D eigenvalue weighted by Gasteiger charge is -2.34. The smallest absolute Gasteiger partial charge is 0.270 e. The van der Waals surface area contributed by atoms with Crippen molar-refractivity contribution in [1.29, 1.82) is 0 Å². The minimum atomic E-state index is -0.302. The number of aromatic amines is 2. The Hall–Kier alpha value is -2.63. The van der Waals surface area contributed by atoms with Crippen LogP contribution < -0.4 is 0 Å². The molecule has 1 fully saturated rings. The highest BCUT2D eigenvalue weighted by Gasteiger charge is 2.30. The first-order chi connectivity index (χ1) is 11.2. The highest BCUT2D eigenvalue weighted by molar-refractivity contribution is 5.98. The van der Waals surface area contributed by atoms with Gasteiger partial charge in [-0.25, -0.2) is 4.39 Å². The van der Waals surface area contributed by atoms with Gasteiger partial charge in [-0.05, 0) is 49.6 Å².